The van der Waals surface area contributed by atoms with Gasteiger partial charge in [-0.3, -0.25) is 9.69 Å². The molecule has 2 aromatic rings. The van der Waals surface area contributed by atoms with Crippen LogP contribution in [0.1, 0.15) is 68.0 Å². The first-order valence-electron chi connectivity index (χ1n) is 13.5. The number of ether oxygens (including phenoxy) is 3. The highest BCUT2D eigenvalue weighted by molar-refractivity contribution is 14.1. The number of anilines is 1. The number of aliphatic carboxylic acids is 1. The Hall–Kier alpha value is -1.95. The normalized spacial score (nSPS) is 18.6. The first-order chi connectivity index (χ1) is 18.2. The minimum Gasteiger partial charge on any atom is -0.496 e. The van der Waals surface area contributed by atoms with Crippen LogP contribution in [0.25, 0.3) is 0 Å². The fraction of sp³-hybridized carbons (Fsp3) is 0.586. The molecule has 1 aromatic carbocycles. The lowest BCUT2D eigenvalue weighted by molar-refractivity contribution is -0.143. The molecule has 0 amide bonds. The lowest BCUT2D eigenvalue weighted by Gasteiger charge is -2.27. The van der Waals surface area contributed by atoms with Gasteiger partial charge in [-0.1, -0.05) is 24.3 Å². The Balaban J connectivity index is 1.27. The smallest absolute Gasteiger partial charge is 0.325 e. The van der Waals surface area contributed by atoms with Crippen molar-refractivity contribution in [1.82, 2.24) is 9.88 Å². The van der Waals surface area contributed by atoms with Gasteiger partial charge in [-0.25, -0.2) is 4.98 Å². The number of hydrogen-bond acceptors (Lipinski definition) is 7. The van der Waals surface area contributed by atoms with Crippen molar-refractivity contribution in [2.75, 3.05) is 38.7 Å². The van der Waals surface area contributed by atoms with Gasteiger partial charge in [0.05, 0.1) is 19.8 Å². The summed E-state index contributed by atoms with van der Waals surface area (Å²) in [6, 6.07) is 9.06. The standard InChI is InChI=1S/C29H40IN3O5/c1-29(2,30)38-19-20-9-4-5-11-23(20)26(28(34)35)33-15-13-22(18-33)37-16-7-6-10-21-17-25(36-3)24-12-8-14-31-27(24)32-21/h4-5,9,11,17,22,26H,6-8,10,12-16,18-19H2,1-3H3,(H,31,32)(H,34,35)/t22-,26+/m1/s1. The Labute approximate surface area is 239 Å². The predicted octanol–water partition coefficient (Wildman–Crippen LogP) is 5.38. The van der Waals surface area contributed by atoms with Gasteiger partial charge in [0.25, 0.3) is 0 Å². The van der Waals surface area contributed by atoms with Crippen molar-refractivity contribution >= 4 is 34.4 Å². The Morgan fingerprint density at radius 3 is 2.89 bits per heavy atom. The van der Waals surface area contributed by atoms with E-state index in [1.165, 1.54) is 5.56 Å². The number of benzene rings is 1. The molecule has 0 saturated carbocycles. The highest BCUT2D eigenvalue weighted by Crippen LogP contribution is 2.32. The number of likely N-dealkylation sites (tertiary alicyclic amines) is 1. The zero-order valence-electron chi connectivity index (χ0n) is 22.7. The number of pyridine rings is 1. The van der Waals surface area contributed by atoms with E-state index in [4.69, 9.17) is 19.2 Å². The van der Waals surface area contributed by atoms with Crippen LogP contribution in [0.2, 0.25) is 0 Å². The Bertz CT molecular complexity index is 1070. The molecule has 2 atom stereocenters. The molecule has 208 valence electrons. The number of unbranched alkanes of at least 4 members (excludes halogenated alkanes) is 1. The molecule has 9 heteroatoms. The molecule has 0 unspecified atom stereocenters. The largest absolute Gasteiger partial charge is 0.496 e. The van der Waals surface area contributed by atoms with Gasteiger partial charge in [0.15, 0.2) is 0 Å². The number of methoxy groups -OCH3 is 1. The zero-order valence-corrected chi connectivity index (χ0v) is 24.8. The highest BCUT2D eigenvalue weighted by Gasteiger charge is 2.35. The summed E-state index contributed by atoms with van der Waals surface area (Å²) >= 11 is 2.24. The van der Waals surface area contributed by atoms with Crippen molar-refractivity contribution in [1.29, 1.82) is 0 Å². The van der Waals surface area contributed by atoms with Crippen LogP contribution < -0.4 is 10.1 Å². The Morgan fingerprint density at radius 2 is 2.13 bits per heavy atom. The van der Waals surface area contributed by atoms with Crippen LogP contribution in [0.3, 0.4) is 0 Å². The molecular weight excluding hydrogens is 597 g/mol. The minimum atomic E-state index is -0.839. The summed E-state index contributed by atoms with van der Waals surface area (Å²) in [6.07, 6.45) is 5.76. The molecule has 38 heavy (non-hydrogen) atoms. The van der Waals surface area contributed by atoms with Gasteiger partial charge in [0.1, 0.15) is 21.2 Å². The number of aromatic nitrogens is 1. The topological polar surface area (TPSA) is 93.2 Å². The van der Waals surface area contributed by atoms with Crippen molar-refractivity contribution in [3.05, 3.63) is 52.7 Å². The van der Waals surface area contributed by atoms with Crippen LogP contribution in [-0.4, -0.2) is 64.0 Å². The van der Waals surface area contributed by atoms with Crippen LogP contribution in [0.15, 0.2) is 30.3 Å². The number of carboxylic acids is 1. The van der Waals surface area contributed by atoms with Crippen molar-refractivity contribution in [2.24, 2.45) is 0 Å². The SMILES string of the molecule is COc1cc(CCCCO[C@@H]2CCN([C@H](C(=O)O)c3ccccc3COC(C)(C)I)C2)nc2c1CCCN2. The van der Waals surface area contributed by atoms with E-state index in [1.807, 2.05) is 43.0 Å². The molecule has 2 aliphatic rings. The summed E-state index contributed by atoms with van der Waals surface area (Å²) in [6.45, 7) is 7.28. The summed E-state index contributed by atoms with van der Waals surface area (Å²) in [5.74, 6) is 1.06. The number of fused-ring (bicyclic) bond motifs is 1. The fourth-order valence-corrected chi connectivity index (χ4v) is 5.37. The van der Waals surface area contributed by atoms with E-state index in [9.17, 15) is 9.90 Å². The second-order valence-electron chi connectivity index (χ2n) is 10.5. The average Bonchev–Trinajstić information content (AvgIpc) is 3.35. The molecule has 1 fully saturated rings. The maximum Gasteiger partial charge on any atom is 0.325 e. The molecule has 0 radical (unpaired) electrons. The van der Waals surface area contributed by atoms with Crippen LogP contribution in [0.4, 0.5) is 5.82 Å². The van der Waals surface area contributed by atoms with Crippen molar-refractivity contribution in [3.8, 4) is 5.75 Å². The van der Waals surface area contributed by atoms with Gasteiger partial charge < -0.3 is 24.6 Å². The quantitative estimate of drug-likeness (QED) is 0.172. The van der Waals surface area contributed by atoms with Crippen molar-refractivity contribution in [3.63, 3.8) is 0 Å². The van der Waals surface area contributed by atoms with E-state index in [-0.39, 0.29) is 9.71 Å². The van der Waals surface area contributed by atoms with E-state index in [2.05, 4.69) is 34.0 Å². The molecule has 3 heterocycles. The van der Waals surface area contributed by atoms with Crippen LogP contribution in [0, 0.1) is 0 Å². The number of aryl methyl sites for hydroxylation is 1. The maximum absolute atomic E-state index is 12.4. The Kier molecular flexibility index (Phi) is 10.2. The van der Waals surface area contributed by atoms with E-state index in [0.29, 0.717) is 26.3 Å². The van der Waals surface area contributed by atoms with Crippen LogP contribution >= 0.6 is 22.6 Å². The molecule has 2 aliphatic heterocycles. The minimum absolute atomic E-state index is 0.0414. The summed E-state index contributed by atoms with van der Waals surface area (Å²) in [4.78, 5) is 19.2. The first kappa shape index (κ1) is 29.0. The molecule has 0 bridgehead atoms. The Morgan fingerprint density at radius 1 is 1.32 bits per heavy atom. The molecule has 2 N–H and O–H groups in total. The van der Waals surface area contributed by atoms with Crippen LogP contribution in [-0.2, 0) is 33.7 Å². The summed E-state index contributed by atoms with van der Waals surface area (Å²) < 4.78 is 17.4. The monoisotopic (exact) mass is 637 g/mol. The third-order valence-electron chi connectivity index (χ3n) is 7.13. The van der Waals surface area contributed by atoms with Gasteiger partial charge in [0, 0.05) is 43.6 Å². The molecule has 0 spiro atoms. The van der Waals surface area contributed by atoms with Gasteiger partial charge in [-0.15, -0.1) is 0 Å². The number of nitrogens with one attached hydrogen (secondary N) is 1. The summed E-state index contributed by atoms with van der Waals surface area (Å²) in [5.41, 5.74) is 3.93. The number of halogens is 1. The molecule has 1 aromatic heterocycles. The summed E-state index contributed by atoms with van der Waals surface area (Å²) in [5, 5.41) is 13.5. The number of rotatable bonds is 13. The van der Waals surface area contributed by atoms with Gasteiger partial charge in [0.2, 0.25) is 0 Å². The maximum atomic E-state index is 12.4. The van der Waals surface area contributed by atoms with E-state index in [0.717, 1.165) is 73.5 Å². The summed E-state index contributed by atoms with van der Waals surface area (Å²) in [7, 11) is 1.72. The lowest BCUT2D eigenvalue weighted by atomic mass is 9.99. The average molecular weight is 638 g/mol. The van der Waals surface area contributed by atoms with Crippen LogP contribution in [0.5, 0.6) is 5.75 Å². The number of carboxylic acid groups (broad SMARTS) is 1. The molecule has 8 nitrogen and oxygen atoms in total. The third kappa shape index (κ3) is 7.80. The van der Waals surface area contributed by atoms with Crippen molar-refractivity contribution in [2.45, 2.75) is 74.7 Å². The molecule has 0 aliphatic carbocycles. The van der Waals surface area contributed by atoms with Crippen molar-refractivity contribution < 1.29 is 24.1 Å². The number of carbonyl (C=O) groups is 1. The lowest BCUT2D eigenvalue weighted by Crippen LogP contribution is -2.34. The second-order valence-corrected chi connectivity index (χ2v) is 13.1. The van der Waals surface area contributed by atoms with E-state index < -0.39 is 12.0 Å². The number of alkyl halides is 1. The van der Waals surface area contributed by atoms with Gasteiger partial charge in [-0.2, -0.15) is 0 Å². The first-order valence-corrected chi connectivity index (χ1v) is 14.6. The van der Waals surface area contributed by atoms with E-state index in [1.54, 1.807) is 7.11 Å². The predicted molar refractivity (Wildman–Crippen MR) is 156 cm³/mol. The third-order valence-corrected chi connectivity index (χ3v) is 7.44. The number of nitrogens with zero attached hydrogens (tertiary/aromatic N) is 2. The molecular formula is C29H40IN3O5. The number of hydrogen-bond donors (Lipinski definition) is 2. The second kappa shape index (κ2) is 13.4. The fourth-order valence-electron chi connectivity index (χ4n) is 5.22. The molecule has 4 rings (SSSR count). The van der Waals surface area contributed by atoms with Gasteiger partial charge in [-0.05, 0) is 86.1 Å². The zero-order chi connectivity index (χ0) is 27.1. The molecule has 1 saturated heterocycles. The highest BCUT2D eigenvalue weighted by atomic mass is 127. The van der Waals surface area contributed by atoms with E-state index >= 15 is 0 Å². The van der Waals surface area contributed by atoms with Gasteiger partial charge >= 0.3 is 5.97 Å².